The van der Waals surface area contributed by atoms with E-state index in [4.69, 9.17) is 9.78 Å². The second-order valence-corrected chi connectivity index (χ2v) is 12.9. The Morgan fingerprint density at radius 1 is 0.867 bits per heavy atom. The molecule has 1 saturated heterocycles. The Bertz CT molecular complexity index is 1520. The first-order valence-corrected chi connectivity index (χ1v) is 15.6. The predicted octanol–water partition coefficient (Wildman–Crippen LogP) is 5.21. The Kier molecular flexibility index (Phi) is 11.1. The quantitative estimate of drug-likeness (QED) is 0.0696. The van der Waals surface area contributed by atoms with Gasteiger partial charge in [-0.3, -0.25) is 40.0 Å². The summed E-state index contributed by atoms with van der Waals surface area (Å²) in [6.45, 7) is 1.34. The lowest BCUT2D eigenvalue weighted by Gasteiger charge is -2.46. The molecule has 1 aliphatic rings. The number of nitro groups is 3. The van der Waals surface area contributed by atoms with Crippen LogP contribution in [0.4, 0.5) is 11.4 Å². The minimum atomic E-state index is -2.03. The average Bonchev–Trinajstić information content (AvgIpc) is 3.02. The molecule has 3 unspecified atom stereocenters. The first-order valence-electron chi connectivity index (χ1n) is 13.5. The molecule has 16 heteroatoms. The van der Waals surface area contributed by atoms with Crippen LogP contribution in [-0.2, 0) is 37.3 Å². The molecule has 1 heterocycles. The Morgan fingerprint density at radius 3 is 1.87 bits per heavy atom. The molecule has 14 nitrogen and oxygen atoms in total. The molecular formula is C29H28N4O10S2. The molecule has 3 atom stereocenters. The summed E-state index contributed by atoms with van der Waals surface area (Å²) < 4.78 is -0.442. The zero-order chi connectivity index (χ0) is 32.6. The van der Waals surface area contributed by atoms with Gasteiger partial charge in [-0.25, -0.2) is 4.79 Å². The predicted molar refractivity (Wildman–Crippen MR) is 165 cm³/mol. The molecule has 45 heavy (non-hydrogen) atoms. The maximum absolute atomic E-state index is 12.8. The highest BCUT2D eigenvalue weighted by Gasteiger charge is 2.64. The van der Waals surface area contributed by atoms with Gasteiger partial charge in [0.05, 0.1) is 31.8 Å². The molecule has 0 bridgehead atoms. The summed E-state index contributed by atoms with van der Waals surface area (Å²) in [4.78, 5) is 68.3. The summed E-state index contributed by atoms with van der Waals surface area (Å²) in [5, 5.41) is 37.9. The van der Waals surface area contributed by atoms with Crippen molar-refractivity contribution in [2.24, 2.45) is 5.41 Å². The molecule has 236 valence electrons. The third kappa shape index (κ3) is 8.14. The zero-order valence-corrected chi connectivity index (χ0v) is 25.4. The number of para-hydroxylation sites is 2. The Morgan fingerprint density at radius 2 is 1.38 bits per heavy atom. The maximum atomic E-state index is 12.8. The van der Waals surface area contributed by atoms with E-state index in [1.165, 1.54) is 42.6 Å². The summed E-state index contributed by atoms with van der Waals surface area (Å²) in [5.74, 6) is -1.18. The van der Waals surface area contributed by atoms with E-state index >= 15 is 0 Å². The molecule has 0 radical (unpaired) electrons. The Balaban J connectivity index is 1.51. The number of thioether (sulfide) groups is 2. The molecule has 3 aromatic carbocycles. The smallest absolute Gasteiger partial charge is 0.351 e. The van der Waals surface area contributed by atoms with Gasteiger partial charge >= 0.3 is 12.2 Å². The topological polar surface area (TPSA) is 194 Å². The van der Waals surface area contributed by atoms with Crippen LogP contribution in [0.3, 0.4) is 0 Å². The Labute approximate surface area is 265 Å². The summed E-state index contributed by atoms with van der Waals surface area (Å²) in [7, 11) is 0. The normalized spacial score (nSPS) is 18.0. The number of nitrogens with one attached hydrogen (secondary N) is 1. The number of hydrogen-bond donors (Lipinski definition) is 1. The molecule has 0 aliphatic carbocycles. The maximum Gasteiger partial charge on any atom is 0.368 e. The van der Waals surface area contributed by atoms with E-state index in [0.29, 0.717) is 16.7 Å². The number of nitro benzene ring substituents is 2. The average molecular weight is 657 g/mol. The number of carbonyl (C=O) groups excluding carboxylic acids is 2. The van der Waals surface area contributed by atoms with Crippen LogP contribution < -0.4 is 5.32 Å². The lowest BCUT2D eigenvalue weighted by molar-refractivity contribution is -0.632. The fourth-order valence-corrected chi connectivity index (χ4v) is 7.41. The second kappa shape index (κ2) is 15.0. The van der Waals surface area contributed by atoms with E-state index in [0.717, 1.165) is 0 Å². The van der Waals surface area contributed by atoms with Gasteiger partial charge in [-0.15, -0.1) is 28.4 Å². The van der Waals surface area contributed by atoms with Crippen LogP contribution in [0.5, 0.6) is 0 Å². The van der Waals surface area contributed by atoms with Gasteiger partial charge in [0.25, 0.3) is 11.4 Å². The number of hydrogen-bond acceptors (Lipinski definition) is 12. The van der Waals surface area contributed by atoms with Crippen molar-refractivity contribution in [2.75, 3.05) is 0 Å². The molecule has 4 rings (SSSR count). The first kappa shape index (κ1) is 33.4. The van der Waals surface area contributed by atoms with Crippen molar-refractivity contribution in [3.05, 3.63) is 126 Å². The Hall–Kier alpha value is -4.54. The fourth-order valence-electron chi connectivity index (χ4n) is 4.74. The molecule has 0 aromatic heterocycles. The third-order valence-electron chi connectivity index (χ3n) is 7.30. The summed E-state index contributed by atoms with van der Waals surface area (Å²) in [6.07, 6.45) is -2.11. The monoisotopic (exact) mass is 656 g/mol. The molecular weight excluding hydrogens is 628 g/mol. The van der Waals surface area contributed by atoms with Crippen molar-refractivity contribution in [2.45, 2.75) is 48.1 Å². The first-order chi connectivity index (χ1) is 21.5. The second-order valence-electron chi connectivity index (χ2n) is 10.2. The number of amides is 1. The fraction of sp³-hybridized carbons (Fsp3) is 0.310. The number of β-lactam (4-membered cyclic amide) rings is 1. The van der Waals surface area contributed by atoms with E-state index < -0.39 is 48.9 Å². The van der Waals surface area contributed by atoms with Gasteiger partial charge in [0.2, 0.25) is 5.91 Å². The van der Waals surface area contributed by atoms with Gasteiger partial charge < -0.3 is 5.32 Å². The molecule has 0 spiro atoms. The zero-order valence-electron chi connectivity index (χ0n) is 23.8. The summed E-state index contributed by atoms with van der Waals surface area (Å²) in [5.41, 5.74) is -0.403. The summed E-state index contributed by atoms with van der Waals surface area (Å²) >= 11 is 2.60. The highest BCUT2D eigenvalue weighted by Crippen LogP contribution is 2.44. The summed E-state index contributed by atoms with van der Waals surface area (Å²) in [6, 6.07) is 20.1. The SMILES string of the molecule is CC1(C(OOC(=O)Cc2ccccc2)[N+](=O)[O-])C(=O)NC1CC(SCc1ccccc1[N+](=O)[O-])SCc1ccccc1[N+](=O)[O-]. The van der Waals surface area contributed by atoms with E-state index in [1.54, 1.807) is 66.7 Å². The van der Waals surface area contributed by atoms with Gasteiger partial charge in [-0.1, -0.05) is 66.7 Å². The van der Waals surface area contributed by atoms with Gasteiger partial charge in [0.15, 0.2) is 5.41 Å². The van der Waals surface area contributed by atoms with E-state index in [-0.39, 0.29) is 35.7 Å². The number of rotatable bonds is 16. The van der Waals surface area contributed by atoms with E-state index in [2.05, 4.69) is 5.32 Å². The van der Waals surface area contributed by atoms with Gasteiger partial charge in [0, 0.05) is 34.8 Å². The van der Waals surface area contributed by atoms with Crippen molar-refractivity contribution < 1.29 is 34.1 Å². The van der Waals surface area contributed by atoms with Crippen LogP contribution >= 0.6 is 23.5 Å². The molecule has 0 saturated carbocycles. The lowest BCUT2D eigenvalue weighted by atomic mass is 9.71. The molecule has 1 N–H and O–H groups in total. The van der Waals surface area contributed by atoms with Crippen molar-refractivity contribution in [1.82, 2.24) is 5.32 Å². The number of nitrogens with zero attached hydrogens (tertiary/aromatic N) is 3. The van der Waals surface area contributed by atoms with Crippen molar-refractivity contribution in [3.8, 4) is 0 Å². The van der Waals surface area contributed by atoms with Crippen LogP contribution in [0.2, 0.25) is 0 Å². The molecule has 1 fully saturated rings. The van der Waals surface area contributed by atoms with Gasteiger partial charge in [-0.05, 0) is 18.9 Å². The highest BCUT2D eigenvalue weighted by molar-refractivity contribution is 8.16. The molecule has 1 amide bonds. The van der Waals surface area contributed by atoms with Crippen LogP contribution in [-0.4, -0.2) is 43.5 Å². The van der Waals surface area contributed by atoms with E-state index in [9.17, 15) is 39.9 Å². The molecule has 3 aromatic rings. The minimum absolute atomic E-state index is 0.0756. The van der Waals surface area contributed by atoms with Crippen LogP contribution in [0.25, 0.3) is 0 Å². The molecule has 1 aliphatic heterocycles. The van der Waals surface area contributed by atoms with Gasteiger partial charge in [0.1, 0.15) is 0 Å². The van der Waals surface area contributed by atoms with Crippen molar-refractivity contribution in [3.63, 3.8) is 0 Å². The highest BCUT2D eigenvalue weighted by atomic mass is 32.2. The van der Waals surface area contributed by atoms with Crippen LogP contribution in [0.1, 0.15) is 30.0 Å². The van der Waals surface area contributed by atoms with Crippen LogP contribution in [0, 0.1) is 35.8 Å². The largest absolute Gasteiger partial charge is 0.368 e. The lowest BCUT2D eigenvalue weighted by Crippen LogP contribution is -2.72. The van der Waals surface area contributed by atoms with Crippen molar-refractivity contribution >= 4 is 46.8 Å². The standard InChI is InChI=1S/C29H28N4O10S2/c1-29(28(33(40)41)43-42-25(34)15-19-9-3-2-4-10-19)24(30-27(29)35)16-26(44-17-20-11-5-7-13-22(20)31(36)37)45-18-21-12-6-8-14-23(21)32(38)39/h2-14,24,26,28H,15-18H2,1H3,(H,30,35). The number of carbonyl (C=O) groups is 2. The van der Waals surface area contributed by atoms with Crippen molar-refractivity contribution in [1.29, 1.82) is 0 Å². The van der Waals surface area contributed by atoms with E-state index in [1.807, 2.05) is 0 Å². The minimum Gasteiger partial charge on any atom is -0.351 e. The number of benzene rings is 3. The van der Waals surface area contributed by atoms with Crippen LogP contribution in [0.15, 0.2) is 78.9 Å². The van der Waals surface area contributed by atoms with Gasteiger partial charge in [-0.2, -0.15) is 0 Å². The third-order valence-corrected chi connectivity index (χ3v) is 10.2.